The maximum atomic E-state index is 12.0. The fourth-order valence-electron chi connectivity index (χ4n) is 1.71. The SMILES string of the molecule is C#CC(CCC)NC(=O)c1cn(C)nc1CC. The summed E-state index contributed by atoms with van der Waals surface area (Å²) in [6.07, 6.45) is 9.58. The zero-order valence-electron chi connectivity index (χ0n) is 10.7. The van der Waals surface area contributed by atoms with Gasteiger partial charge in [0, 0.05) is 13.2 Å². The van der Waals surface area contributed by atoms with Gasteiger partial charge in [0.2, 0.25) is 0 Å². The zero-order chi connectivity index (χ0) is 12.8. The van der Waals surface area contributed by atoms with Gasteiger partial charge < -0.3 is 5.32 Å². The summed E-state index contributed by atoms with van der Waals surface area (Å²) in [7, 11) is 1.81. The van der Waals surface area contributed by atoms with Crippen molar-refractivity contribution in [2.75, 3.05) is 0 Å². The number of rotatable bonds is 5. The van der Waals surface area contributed by atoms with Crippen LogP contribution in [0.4, 0.5) is 0 Å². The molecule has 1 aromatic heterocycles. The standard InChI is InChI=1S/C13H19N3O/c1-5-8-10(6-2)14-13(17)11-9-16(4)15-12(11)7-3/h2,9-10H,5,7-8H2,1,3-4H3,(H,14,17). The lowest BCUT2D eigenvalue weighted by Crippen LogP contribution is -2.33. The molecule has 1 unspecified atom stereocenters. The molecular weight excluding hydrogens is 214 g/mol. The van der Waals surface area contributed by atoms with E-state index in [1.807, 2.05) is 13.8 Å². The lowest BCUT2D eigenvalue weighted by molar-refractivity contribution is 0.0943. The van der Waals surface area contributed by atoms with Gasteiger partial charge in [-0.2, -0.15) is 5.10 Å². The molecule has 0 saturated heterocycles. The van der Waals surface area contributed by atoms with E-state index < -0.39 is 0 Å². The quantitative estimate of drug-likeness (QED) is 0.784. The van der Waals surface area contributed by atoms with Gasteiger partial charge in [-0.25, -0.2) is 0 Å². The van der Waals surface area contributed by atoms with E-state index in [2.05, 4.69) is 16.3 Å². The molecule has 1 atom stereocenters. The molecule has 0 spiro atoms. The average Bonchev–Trinajstić information content (AvgIpc) is 2.69. The smallest absolute Gasteiger partial charge is 0.255 e. The van der Waals surface area contributed by atoms with Crippen LogP contribution in [-0.4, -0.2) is 21.7 Å². The van der Waals surface area contributed by atoms with Gasteiger partial charge >= 0.3 is 0 Å². The highest BCUT2D eigenvalue weighted by molar-refractivity contribution is 5.95. The van der Waals surface area contributed by atoms with Crippen LogP contribution in [0.25, 0.3) is 0 Å². The summed E-state index contributed by atoms with van der Waals surface area (Å²) in [6.45, 7) is 4.02. The Hall–Kier alpha value is -1.76. The molecular formula is C13H19N3O. The molecule has 1 N–H and O–H groups in total. The third-order valence-electron chi connectivity index (χ3n) is 2.57. The fourth-order valence-corrected chi connectivity index (χ4v) is 1.71. The largest absolute Gasteiger partial charge is 0.338 e. The number of amides is 1. The topological polar surface area (TPSA) is 46.9 Å². The molecule has 0 aliphatic rings. The summed E-state index contributed by atoms with van der Waals surface area (Å²) < 4.78 is 1.65. The number of hydrogen-bond acceptors (Lipinski definition) is 2. The third kappa shape index (κ3) is 3.35. The molecule has 1 rings (SSSR count). The normalized spacial score (nSPS) is 11.9. The number of carbonyl (C=O) groups excluding carboxylic acids is 1. The van der Waals surface area contributed by atoms with Gasteiger partial charge in [-0.3, -0.25) is 9.48 Å². The molecule has 4 heteroatoms. The van der Waals surface area contributed by atoms with E-state index in [1.54, 1.807) is 17.9 Å². The molecule has 0 aliphatic heterocycles. The van der Waals surface area contributed by atoms with Gasteiger partial charge in [0.15, 0.2) is 0 Å². The number of aryl methyl sites for hydroxylation is 2. The van der Waals surface area contributed by atoms with Crippen LogP contribution in [0, 0.1) is 12.3 Å². The van der Waals surface area contributed by atoms with Crippen molar-refractivity contribution in [2.45, 2.75) is 39.2 Å². The first-order valence-corrected chi connectivity index (χ1v) is 5.91. The first-order valence-electron chi connectivity index (χ1n) is 5.91. The van der Waals surface area contributed by atoms with Crippen molar-refractivity contribution in [1.29, 1.82) is 0 Å². The maximum absolute atomic E-state index is 12.0. The van der Waals surface area contributed by atoms with Gasteiger partial charge in [0.25, 0.3) is 5.91 Å². The third-order valence-corrected chi connectivity index (χ3v) is 2.57. The number of aromatic nitrogens is 2. The maximum Gasteiger partial charge on any atom is 0.255 e. The van der Waals surface area contributed by atoms with Crippen LogP contribution in [-0.2, 0) is 13.5 Å². The Bertz CT molecular complexity index is 428. The van der Waals surface area contributed by atoms with E-state index in [1.165, 1.54) is 0 Å². The van der Waals surface area contributed by atoms with E-state index in [9.17, 15) is 4.79 Å². The van der Waals surface area contributed by atoms with Gasteiger partial charge in [-0.1, -0.05) is 26.2 Å². The highest BCUT2D eigenvalue weighted by atomic mass is 16.1. The van der Waals surface area contributed by atoms with Crippen LogP contribution in [0.2, 0.25) is 0 Å². The Morgan fingerprint density at radius 3 is 2.88 bits per heavy atom. The minimum atomic E-state index is -0.197. The monoisotopic (exact) mass is 233 g/mol. The van der Waals surface area contributed by atoms with E-state index in [0.717, 1.165) is 25.0 Å². The highest BCUT2D eigenvalue weighted by Gasteiger charge is 2.16. The molecule has 4 nitrogen and oxygen atoms in total. The van der Waals surface area contributed by atoms with Crippen LogP contribution < -0.4 is 5.32 Å². The Morgan fingerprint density at radius 2 is 2.35 bits per heavy atom. The Balaban J connectivity index is 2.79. The molecule has 92 valence electrons. The minimum Gasteiger partial charge on any atom is -0.338 e. The van der Waals surface area contributed by atoms with E-state index >= 15 is 0 Å². The van der Waals surface area contributed by atoms with Crippen LogP contribution in [0.15, 0.2) is 6.20 Å². The summed E-state index contributed by atoms with van der Waals surface area (Å²) in [5.41, 5.74) is 1.42. The highest BCUT2D eigenvalue weighted by Crippen LogP contribution is 2.08. The van der Waals surface area contributed by atoms with Crippen LogP contribution in [0.5, 0.6) is 0 Å². The number of terminal acetylenes is 1. The van der Waals surface area contributed by atoms with Gasteiger partial charge in [-0.15, -0.1) is 6.42 Å². The van der Waals surface area contributed by atoms with Crippen molar-refractivity contribution in [2.24, 2.45) is 7.05 Å². The summed E-state index contributed by atoms with van der Waals surface area (Å²) in [5, 5.41) is 7.08. The van der Waals surface area contributed by atoms with Gasteiger partial charge in [0.05, 0.1) is 17.3 Å². The van der Waals surface area contributed by atoms with Crippen molar-refractivity contribution in [3.8, 4) is 12.3 Å². The summed E-state index contributed by atoms with van der Waals surface area (Å²) in [5.74, 6) is 2.46. The summed E-state index contributed by atoms with van der Waals surface area (Å²) >= 11 is 0. The van der Waals surface area contributed by atoms with Crippen LogP contribution >= 0.6 is 0 Å². The molecule has 0 saturated carbocycles. The van der Waals surface area contributed by atoms with Gasteiger partial charge in [-0.05, 0) is 12.8 Å². The van der Waals surface area contributed by atoms with Crippen molar-refractivity contribution in [1.82, 2.24) is 15.1 Å². The van der Waals surface area contributed by atoms with E-state index in [0.29, 0.717) is 5.56 Å². The molecule has 0 fully saturated rings. The summed E-state index contributed by atoms with van der Waals surface area (Å²) in [6, 6.07) is -0.197. The number of carbonyl (C=O) groups is 1. The number of nitrogens with one attached hydrogen (secondary N) is 1. The number of nitrogens with zero attached hydrogens (tertiary/aromatic N) is 2. The van der Waals surface area contributed by atoms with Crippen molar-refractivity contribution >= 4 is 5.91 Å². The molecule has 1 amide bonds. The number of hydrogen-bond donors (Lipinski definition) is 1. The predicted octanol–water partition coefficient (Wildman–Crippen LogP) is 1.51. The van der Waals surface area contributed by atoms with Gasteiger partial charge in [0.1, 0.15) is 0 Å². The molecule has 17 heavy (non-hydrogen) atoms. The molecule has 1 heterocycles. The van der Waals surface area contributed by atoms with Crippen molar-refractivity contribution < 1.29 is 4.79 Å². The van der Waals surface area contributed by atoms with Crippen molar-refractivity contribution in [3.63, 3.8) is 0 Å². The molecule has 1 aromatic rings. The van der Waals surface area contributed by atoms with Crippen molar-refractivity contribution in [3.05, 3.63) is 17.5 Å². The molecule has 0 aromatic carbocycles. The average molecular weight is 233 g/mol. The van der Waals surface area contributed by atoms with E-state index in [-0.39, 0.29) is 11.9 Å². The zero-order valence-corrected chi connectivity index (χ0v) is 10.7. The predicted molar refractivity (Wildman–Crippen MR) is 67.6 cm³/mol. The van der Waals surface area contributed by atoms with E-state index in [4.69, 9.17) is 6.42 Å². The first kappa shape index (κ1) is 13.3. The Labute approximate surface area is 102 Å². The second-order valence-electron chi connectivity index (χ2n) is 4.00. The van der Waals surface area contributed by atoms with Crippen LogP contribution in [0.3, 0.4) is 0 Å². The molecule has 0 aliphatic carbocycles. The fraction of sp³-hybridized carbons (Fsp3) is 0.538. The second kappa shape index (κ2) is 6.09. The molecule has 0 radical (unpaired) electrons. The lowest BCUT2D eigenvalue weighted by atomic mass is 10.1. The first-order chi connectivity index (χ1) is 8.12. The lowest BCUT2D eigenvalue weighted by Gasteiger charge is -2.11. The van der Waals surface area contributed by atoms with Crippen LogP contribution in [0.1, 0.15) is 42.7 Å². The Morgan fingerprint density at radius 1 is 1.65 bits per heavy atom. The minimum absolute atomic E-state index is 0.133. The second-order valence-corrected chi connectivity index (χ2v) is 4.00. The summed E-state index contributed by atoms with van der Waals surface area (Å²) in [4.78, 5) is 12.0. The molecule has 0 bridgehead atoms. The Kier molecular flexibility index (Phi) is 4.77.